The van der Waals surface area contributed by atoms with Gasteiger partial charge in [-0.15, -0.1) is 5.10 Å². The van der Waals surface area contributed by atoms with Gasteiger partial charge in [-0.25, -0.2) is 4.98 Å². The Kier molecular flexibility index (Phi) is 4.81. The molecule has 3 heterocycles. The minimum absolute atomic E-state index is 0.0652. The molecule has 1 N–H and O–H groups in total. The number of rotatable bonds is 6. The van der Waals surface area contributed by atoms with Gasteiger partial charge < -0.3 is 10.1 Å². The number of benzene rings is 1. The van der Waals surface area contributed by atoms with Crippen molar-refractivity contribution in [3.8, 4) is 11.6 Å². The summed E-state index contributed by atoms with van der Waals surface area (Å²) in [5.41, 5.74) is 0. The number of aromatic nitrogens is 5. The van der Waals surface area contributed by atoms with Crippen LogP contribution in [0.3, 0.4) is 0 Å². The standard InChI is InChI=1S/C18H19ClN6O2/c1-24-18(7-8-20-24)25-16(10-13-5-6-17(26)21-13)22-15(23-25)11-27-14-4-2-3-12(19)9-14/h2-4,7-9,13H,5-6,10-11H2,1H3,(H,21,26)/t13-/m1/s1. The molecule has 1 amide bonds. The largest absolute Gasteiger partial charge is 0.485 e. The molecule has 3 aromatic rings. The average molecular weight is 387 g/mol. The Hall–Kier alpha value is -2.87. The van der Waals surface area contributed by atoms with Gasteiger partial charge in [0.25, 0.3) is 0 Å². The topological polar surface area (TPSA) is 86.9 Å². The summed E-state index contributed by atoms with van der Waals surface area (Å²) >= 11 is 5.99. The van der Waals surface area contributed by atoms with Gasteiger partial charge in [-0.2, -0.15) is 9.78 Å². The molecule has 1 aliphatic heterocycles. The van der Waals surface area contributed by atoms with Crippen LogP contribution in [0.4, 0.5) is 0 Å². The fraction of sp³-hybridized carbons (Fsp3) is 0.333. The van der Waals surface area contributed by atoms with Crippen LogP contribution in [0.25, 0.3) is 5.82 Å². The number of ether oxygens (including phenoxy) is 1. The van der Waals surface area contributed by atoms with Crippen molar-refractivity contribution in [2.24, 2.45) is 7.05 Å². The van der Waals surface area contributed by atoms with E-state index in [1.165, 1.54) is 0 Å². The first-order chi connectivity index (χ1) is 13.1. The maximum absolute atomic E-state index is 11.5. The van der Waals surface area contributed by atoms with Crippen LogP contribution in [0, 0.1) is 0 Å². The maximum Gasteiger partial charge on any atom is 0.220 e. The van der Waals surface area contributed by atoms with Crippen molar-refractivity contribution in [2.75, 3.05) is 0 Å². The Morgan fingerprint density at radius 3 is 2.96 bits per heavy atom. The van der Waals surface area contributed by atoms with Crippen molar-refractivity contribution in [1.29, 1.82) is 0 Å². The summed E-state index contributed by atoms with van der Waals surface area (Å²) in [6, 6.07) is 9.13. The third-order valence-corrected chi connectivity index (χ3v) is 4.64. The Bertz CT molecular complexity index is 966. The fourth-order valence-corrected chi connectivity index (χ4v) is 3.28. The van der Waals surface area contributed by atoms with Crippen molar-refractivity contribution in [3.05, 3.63) is 53.2 Å². The molecule has 1 aliphatic rings. The summed E-state index contributed by atoms with van der Waals surface area (Å²) in [4.78, 5) is 16.1. The van der Waals surface area contributed by atoms with Crippen LogP contribution < -0.4 is 10.1 Å². The van der Waals surface area contributed by atoms with E-state index < -0.39 is 0 Å². The highest BCUT2D eigenvalue weighted by Crippen LogP contribution is 2.19. The highest BCUT2D eigenvalue weighted by molar-refractivity contribution is 6.30. The van der Waals surface area contributed by atoms with E-state index in [1.54, 1.807) is 27.7 Å². The number of carbonyl (C=O) groups is 1. The van der Waals surface area contributed by atoms with Crippen LogP contribution >= 0.6 is 11.6 Å². The zero-order valence-electron chi connectivity index (χ0n) is 14.8. The van der Waals surface area contributed by atoms with Crippen molar-refractivity contribution < 1.29 is 9.53 Å². The van der Waals surface area contributed by atoms with E-state index in [9.17, 15) is 4.79 Å². The molecule has 1 atom stereocenters. The van der Waals surface area contributed by atoms with E-state index in [-0.39, 0.29) is 18.6 Å². The fourth-order valence-electron chi connectivity index (χ4n) is 3.10. The van der Waals surface area contributed by atoms with Gasteiger partial charge in [-0.05, 0) is 24.6 Å². The van der Waals surface area contributed by atoms with Gasteiger partial charge in [0.2, 0.25) is 5.91 Å². The first-order valence-electron chi connectivity index (χ1n) is 8.69. The van der Waals surface area contributed by atoms with E-state index in [0.717, 1.165) is 18.1 Å². The SMILES string of the molecule is Cn1nccc1-n1nc(COc2cccc(Cl)c2)nc1C[C@H]1CCC(=O)N1. The molecule has 0 unspecified atom stereocenters. The number of halogens is 1. The number of amides is 1. The van der Waals surface area contributed by atoms with Crippen LogP contribution in [0.15, 0.2) is 36.5 Å². The van der Waals surface area contributed by atoms with Crippen LogP contribution in [0.5, 0.6) is 5.75 Å². The predicted molar refractivity (Wildman–Crippen MR) is 98.8 cm³/mol. The molecule has 8 nitrogen and oxygen atoms in total. The number of carbonyl (C=O) groups excluding carboxylic acids is 1. The molecule has 0 saturated carbocycles. The molecule has 2 aromatic heterocycles. The second kappa shape index (κ2) is 7.40. The third-order valence-electron chi connectivity index (χ3n) is 4.41. The summed E-state index contributed by atoms with van der Waals surface area (Å²) < 4.78 is 9.25. The van der Waals surface area contributed by atoms with E-state index in [1.807, 2.05) is 25.2 Å². The van der Waals surface area contributed by atoms with Crippen LogP contribution in [0.1, 0.15) is 24.5 Å². The lowest BCUT2D eigenvalue weighted by Crippen LogP contribution is -2.28. The van der Waals surface area contributed by atoms with Gasteiger partial charge in [-0.1, -0.05) is 17.7 Å². The van der Waals surface area contributed by atoms with E-state index in [4.69, 9.17) is 16.3 Å². The zero-order chi connectivity index (χ0) is 18.8. The molecule has 1 aromatic carbocycles. The molecular weight excluding hydrogens is 368 g/mol. The second-order valence-corrected chi connectivity index (χ2v) is 6.86. The molecule has 0 bridgehead atoms. The number of aryl methyl sites for hydroxylation is 1. The summed E-state index contributed by atoms with van der Waals surface area (Å²) in [5.74, 6) is 2.85. The van der Waals surface area contributed by atoms with Gasteiger partial charge >= 0.3 is 0 Å². The van der Waals surface area contributed by atoms with Crippen LogP contribution in [-0.4, -0.2) is 36.5 Å². The number of hydrogen-bond acceptors (Lipinski definition) is 5. The first-order valence-corrected chi connectivity index (χ1v) is 9.07. The molecule has 27 heavy (non-hydrogen) atoms. The lowest BCUT2D eigenvalue weighted by atomic mass is 10.1. The summed E-state index contributed by atoms with van der Waals surface area (Å²) in [6.45, 7) is 0.217. The Balaban J connectivity index is 1.57. The smallest absolute Gasteiger partial charge is 0.220 e. The summed E-state index contributed by atoms with van der Waals surface area (Å²) in [5, 5.41) is 12.4. The van der Waals surface area contributed by atoms with E-state index >= 15 is 0 Å². The molecule has 1 fully saturated rings. The van der Waals surface area contributed by atoms with E-state index in [2.05, 4.69) is 20.5 Å². The van der Waals surface area contributed by atoms with Crippen molar-refractivity contribution >= 4 is 17.5 Å². The third kappa shape index (κ3) is 3.95. The molecule has 0 aliphatic carbocycles. The summed E-state index contributed by atoms with van der Waals surface area (Å²) in [7, 11) is 1.85. The molecule has 9 heteroatoms. The minimum Gasteiger partial charge on any atom is -0.485 e. The maximum atomic E-state index is 11.5. The normalized spacial score (nSPS) is 16.5. The highest BCUT2D eigenvalue weighted by Gasteiger charge is 2.24. The second-order valence-electron chi connectivity index (χ2n) is 6.42. The van der Waals surface area contributed by atoms with E-state index in [0.29, 0.717) is 29.4 Å². The van der Waals surface area contributed by atoms with Crippen molar-refractivity contribution in [1.82, 2.24) is 29.9 Å². The van der Waals surface area contributed by atoms with Gasteiger partial charge in [-0.3, -0.25) is 9.48 Å². The molecular formula is C18H19ClN6O2. The number of nitrogens with one attached hydrogen (secondary N) is 1. The van der Waals surface area contributed by atoms with Gasteiger partial charge in [0.1, 0.15) is 18.2 Å². The minimum atomic E-state index is 0.0652. The molecule has 4 rings (SSSR count). The summed E-state index contributed by atoms with van der Waals surface area (Å²) in [6.07, 6.45) is 3.65. The van der Waals surface area contributed by atoms with Gasteiger partial charge in [0, 0.05) is 37.0 Å². The Morgan fingerprint density at radius 2 is 2.26 bits per heavy atom. The van der Waals surface area contributed by atoms with Crippen molar-refractivity contribution in [3.63, 3.8) is 0 Å². The number of hydrogen-bond donors (Lipinski definition) is 1. The quantitative estimate of drug-likeness (QED) is 0.700. The van der Waals surface area contributed by atoms with Crippen LogP contribution in [-0.2, 0) is 24.9 Å². The van der Waals surface area contributed by atoms with Crippen LogP contribution in [0.2, 0.25) is 5.02 Å². The Morgan fingerprint density at radius 1 is 1.37 bits per heavy atom. The first kappa shape index (κ1) is 17.5. The zero-order valence-corrected chi connectivity index (χ0v) is 15.6. The average Bonchev–Trinajstić information content (AvgIpc) is 3.34. The number of nitrogens with zero attached hydrogens (tertiary/aromatic N) is 5. The lowest BCUT2D eigenvalue weighted by molar-refractivity contribution is -0.119. The van der Waals surface area contributed by atoms with Gasteiger partial charge in [0.15, 0.2) is 11.6 Å². The van der Waals surface area contributed by atoms with Gasteiger partial charge in [0.05, 0.1) is 6.20 Å². The molecule has 0 spiro atoms. The highest BCUT2D eigenvalue weighted by atomic mass is 35.5. The molecule has 0 radical (unpaired) electrons. The molecule has 140 valence electrons. The predicted octanol–water partition coefficient (Wildman–Crippen LogP) is 2.05. The monoisotopic (exact) mass is 386 g/mol. The lowest BCUT2D eigenvalue weighted by Gasteiger charge is -2.10. The Labute approximate surface area is 161 Å². The van der Waals surface area contributed by atoms with Crippen molar-refractivity contribution in [2.45, 2.75) is 31.9 Å². The molecule has 1 saturated heterocycles.